The SMILES string of the molecule is O=C(Nc1ccnc2ccnn12)c1cccc(OCc2cccnc2)c1. The number of rotatable bonds is 5. The van der Waals surface area contributed by atoms with Crippen LogP contribution in [0.2, 0.25) is 0 Å². The van der Waals surface area contributed by atoms with E-state index in [0.717, 1.165) is 5.56 Å². The van der Waals surface area contributed by atoms with Crippen LogP contribution in [0.15, 0.2) is 73.3 Å². The highest BCUT2D eigenvalue weighted by Crippen LogP contribution is 2.17. The Bertz CT molecular complexity index is 1050. The van der Waals surface area contributed by atoms with Crippen LogP contribution >= 0.6 is 0 Å². The number of pyridine rings is 1. The average Bonchev–Trinajstić information content (AvgIpc) is 3.17. The molecule has 128 valence electrons. The largest absolute Gasteiger partial charge is 0.489 e. The van der Waals surface area contributed by atoms with E-state index in [0.29, 0.717) is 29.4 Å². The van der Waals surface area contributed by atoms with Gasteiger partial charge in [0.25, 0.3) is 5.91 Å². The lowest BCUT2D eigenvalue weighted by Crippen LogP contribution is -2.15. The Hall–Kier alpha value is -3.74. The summed E-state index contributed by atoms with van der Waals surface area (Å²) in [7, 11) is 0. The first-order chi connectivity index (χ1) is 12.8. The van der Waals surface area contributed by atoms with Gasteiger partial charge in [0.15, 0.2) is 5.65 Å². The smallest absolute Gasteiger partial charge is 0.256 e. The van der Waals surface area contributed by atoms with Crippen LogP contribution in [0.1, 0.15) is 15.9 Å². The minimum atomic E-state index is -0.250. The van der Waals surface area contributed by atoms with Crippen LogP contribution in [0, 0.1) is 0 Å². The predicted octanol–water partition coefficient (Wildman–Crippen LogP) is 2.96. The van der Waals surface area contributed by atoms with Gasteiger partial charge in [0, 0.05) is 35.8 Å². The fourth-order valence-corrected chi connectivity index (χ4v) is 2.49. The number of nitrogens with zero attached hydrogens (tertiary/aromatic N) is 4. The lowest BCUT2D eigenvalue weighted by atomic mass is 10.2. The molecule has 4 rings (SSSR count). The molecule has 0 saturated carbocycles. The summed E-state index contributed by atoms with van der Waals surface area (Å²) < 4.78 is 7.31. The minimum Gasteiger partial charge on any atom is -0.489 e. The van der Waals surface area contributed by atoms with Gasteiger partial charge < -0.3 is 10.1 Å². The second kappa shape index (κ2) is 7.02. The molecule has 0 aliphatic heterocycles. The van der Waals surface area contributed by atoms with Crippen molar-refractivity contribution >= 4 is 17.4 Å². The molecule has 7 nitrogen and oxygen atoms in total. The summed E-state index contributed by atoms with van der Waals surface area (Å²) >= 11 is 0. The topological polar surface area (TPSA) is 81.4 Å². The van der Waals surface area contributed by atoms with Crippen molar-refractivity contribution in [2.45, 2.75) is 6.61 Å². The molecule has 0 bridgehead atoms. The fourth-order valence-electron chi connectivity index (χ4n) is 2.49. The van der Waals surface area contributed by atoms with Crippen LogP contribution in [0.5, 0.6) is 5.75 Å². The zero-order valence-corrected chi connectivity index (χ0v) is 13.7. The first kappa shape index (κ1) is 15.8. The summed E-state index contributed by atoms with van der Waals surface area (Å²) in [6.45, 7) is 0.386. The molecule has 1 amide bonds. The van der Waals surface area contributed by atoms with Crippen molar-refractivity contribution in [1.29, 1.82) is 0 Å². The quantitative estimate of drug-likeness (QED) is 0.601. The van der Waals surface area contributed by atoms with Crippen LogP contribution in [0.4, 0.5) is 5.82 Å². The number of nitrogens with one attached hydrogen (secondary N) is 1. The molecule has 3 aromatic heterocycles. The Labute approximate surface area is 149 Å². The van der Waals surface area contributed by atoms with Gasteiger partial charge in [-0.2, -0.15) is 9.61 Å². The zero-order chi connectivity index (χ0) is 17.8. The summed E-state index contributed by atoms with van der Waals surface area (Å²) in [5.41, 5.74) is 2.11. The first-order valence-corrected chi connectivity index (χ1v) is 8.01. The molecule has 0 unspecified atom stereocenters. The van der Waals surface area contributed by atoms with E-state index in [2.05, 4.69) is 20.4 Å². The minimum absolute atomic E-state index is 0.250. The van der Waals surface area contributed by atoms with Crippen molar-refractivity contribution in [3.8, 4) is 5.75 Å². The standard InChI is InChI=1S/C19H15N5O2/c25-19(23-18-6-9-21-17-7-10-22-24(17)18)15-4-1-5-16(11-15)26-13-14-3-2-8-20-12-14/h1-12H,13H2,(H,23,25). The first-order valence-electron chi connectivity index (χ1n) is 8.01. The van der Waals surface area contributed by atoms with E-state index in [-0.39, 0.29) is 5.91 Å². The molecule has 7 heteroatoms. The van der Waals surface area contributed by atoms with Crippen molar-refractivity contribution in [3.63, 3.8) is 0 Å². The number of ether oxygens (including phenoxy) is 1. The molecule has 0 saturated heterocycles. The van der Waals surface area contributed by atoms with Gasteiger partial charge in [-0.3, -0.25) is 9.78 Å². The molecule has 3 heterocycles. The average molecular weight is 345 g/mol. The Balaban J connectivity index is 1.49. The molecular formula is C19H15N5O2. The second-order valence-electron chi connectivity index (χ2n) is 5.56. The van der Waals surface area contributed by atoms with Crippen LogP contribution < -0.4 is 10.1 Å². The third-order valence-corrected chi connectivity index (χ3v) is 3.76. The molecule has 4 aromatic rings. The Morgan fingerprint density at radius 2 is 2.04 bits per heavy atom. The van der Waals surface area contributed by atoms with Gasteiger partial charge in [-0.15, -0.1) is 0 Å². The second-order valence-corrected chi connectivity index (χ2v) is 5.56. The molecule has 0 fully saturated rings. The van der Waals surface area contributed by atoms with E-state index in [1.807, 2.05) is 18.2 Å². The zero-order valence-electron chi connectivity index (χ0n) is 13.7. The summed E-state index contributed by atoms with van der Waals surface area (Å²) in [5.74, 6) is 0.909. The normalized spacial score (nSPS) is 10.6. The van der Waals surface area contributed by atoms with Crippen molar-refractivity contribution < 1.29 is 9.53 Å². The Morgan fingerprint density at radius 3 is 2.92 bits per heavy atom. The van der Waals surface area contributed by atoms with Gasteiger partial charge in [0.2, 0.25) is 0 Å². The number of carbonyl (C=O) groups is 1. The fraction of sp³-hybridized carbons (Fsp3) is 0.0526. The molecule has 0 radical (unpaired) electrons. The van der Waals surface area contributed by atoms with Gasteiger partial charge in [-0.1, -0.05) is 12.1 Å². The highest BCUT2D eigenvalue weighted by atomic mass is 16.5. The van der Waals surface area contributed by atoms with Crippen molar-refractivity contribution in [1.82, 2.24) is 19.6 Å². The molecule has 1 N–H and O–H groups in total. The van der Waals surface area contributed by atoms with Gasteiger partial charge in [0.1, 0.15) is 18.2 Å². The van der Waals surface area contributed by atoms with Gasteiger partial charge in [-0.25, -0.2) is 4.98 Å². The van der Waals surface area contributed by atoms with Gasteiger partial charge in [-0.05, 0) is 30.3 Å². The molecule has 1 aromatic carbocycles. The van der Waals surface area contributed by atoms with E-state index >= 15 is 0 Å². The molecule has 0 spiro atoms. The van der Waals surface area contributed by atoms with Crippen LogP contribution in [-0.4, -0.2) is 25.5 Å². The number of aromatic nitrogens is 4. The summed E-state index contributed by atoms with van der Waals surface area (Å²) in [6, 6.07) is 14.3. The van der Waals surface area contributed by atoms with Crippen molar-refractivity contribution in [3.05, 3.63) is 84.4 Å². The number of fused-ring (bicyclic) bond motifs is 1. The highest BCUT2D eigenvalue weighted by molar-refractivity contribution is 6.04. The van der Waals surface area contributed by atoms with E-state index < -0.39 is 0 Å². The van der Waals surface area contributed by atoms with Crippen molar-refractivity contribution in [2.24, 2.45) is 0 Å². The monoisotopic (exact) mass is 345 g/mol. The number of carbonyl (C=O) groups excluding carboxylic acids is 1. The number of hydrogen-bond acceptors (Lipinski definition) is 5. The van der Waals surface area contributed by atoms with Crippen molar-refractivity contribution in [2.75, 3.05) is 5.32 Å². The number of hydrogen-bond donors (Lipinski definition) is 1. The summed E-state index contributed by atoms with van der Waals surface area (Å²) in [5, 5.41) is 7.00. The maximum absolute atomic E-state index is 12.6. The van der Waals surface area contributed by atoms with E-state index in [9.17, 15) is 4.79 Å². The predicted molar refractivity (Wildman–Crippen MR) is 96.0 cm³/mol. The van der Waals surface area contributed by atoms with Crippen LogP contribution in [-0.2, 0) is 6.61 Å². The lowest BCUT2D eigenvalue weighted by molar-refractivity contribution is 0.102. The number of amides is 1. The lowest BCUT2D eigenvalue weighted by Gasteiger charge is -2.09. The third-order valence-electron chi connectivity index (χ3n) is 3.76. The summed E-state index contributed by atoms with van der Waals surface area (Å²) in [4.78, 5) is 20.8. The van der Waals surface area contributed by atoms with E-state index in [1.54, 1.807) is 59.6 Å². The maximum Gasteiger partial charge on any atom is 0.256 e. The number of benzene rings is 1. The van der Waals surface area contributed by atoms with Crippen LogP contribution in [0.25, 0.3) is 5.65 Å². The van der Waals surface area contributed by atoms with E-state index in [1.165, 1.54) is 0 Å². The highest BCUT2D eigenvalue weighted by Gasteiger charge is 2.10. The maximum atomic E-state index is 12.6. The third kappa shape index (κ3) is 3.36. The van der Waals surface area contributed by atoms with Gasteiger partial charge in [0.05, 0.1) is 6.20 Å². The Kier molecular flexibility index (Phi) is 4.26. The molecule has 26 heavy (non-hydrogen) atoms. The molecule has 0 aliphatic carbocycles. The van der Waals surface area contributed by atoms with E-state index in [4.69, 9.17) is 4.74 Å². The molecule has 0 aliphatic rings. The van der Waals surface area contributed by atoms with Gasteiger partial charge >= 0.3 is 0 Å². The Morgan fingerprint density at radius 1 is 1.08 bits per heavy atom. The van der Waals surface area contributed by atoms with Crippen LogP contribution in [0.3, 0.4) is 0 Å². The summed E-state index contributed by atoms with van der Waals surface area (Å²) in [6.07, 6.45) is 6.71. The molecule has 0 atom stereocenters. The number of anilines is 1. The molecular weight excluding hydrogens is 330 g/mol.